The smallest absolute Gasteiger partial charge is 0.259 e. The first kappa shape index (κ1) is 17.4. The molecule has 0 spiro atoms. The average Bonchev–Trinajstić information content (AvgIpc) is 2.55. The van der Waals surface area contributed by atoms with Crippen LogP contribution in [0.2, 0.25) is 0 Å². The predicted octanol–water partition coefficient (Wildman–Crippen LogP) is 3.07. The van der Waals surface area contributed by atoms with Crippen LogP contribution in [0.15, 0.2) is 41.0 Å². The zero-order valence-electron chi connectivity index (χ0n) is 12.8. The Morgan fingerprint density at radius 1 is 1.43 bits per heavy atom. The van der Waals surface area contributed by atoms with Crippen LogP contribution < -0.4 is 10.1 Å². The maximum absolute atomic E-state index is 13.2. The standard InChI is InChI=1S/C16H17BrFN3O2/c1-19-8-9-21(2)16(22)12-4-3-7-20-15(12)23-14-6-5-11(18)10-13(14)17/h3-7,10,19H,8-9H2,1-2H3. The molecule has 7 heteroatoms. The lowest BCUT2D eigenvalue weighted by molar-refractivity contribution is 0.0793. The minimum atomic E-state index is -0.381. The second-order valence-corrected chi connectivity index (χ2v) is 5.72. The van der Waals surface area contributed by atoms with Crippen LogP contribution in [0.25, 0.3) is 0 Å². The fraction of sp³-hybridized carbons (Fsp3) is 0.250. The minimum Gasteiger partial charge on any atom is -0.437 e. The number of ether oxygens (including phenoxy) is 1. The van der Waals surface area contributed by atoms with Crippen LogP contribution in [-0.4, -0.2) is 43.0 Å². The summed E-state index contributed by atoms with van der Waals surface area (Å²) in [7, 11) is 3.53. The molecule has 122 valence electrons. The molecule has 1 aromatic carbocycles. The third kappa shape index (κ3) is 4.49. The molecule has 0 aliphatic carbocycles. The Labute approximate surface area is 142 Å². The van der Waals surface area contributed by atoms with Gasteiger partial charge in [-0.1, -0.05) is 0 Å². The molecule has 0 bridgehead atoms. The lowest BCUT2D eigenvalue weighted by atomic mass is 10.2. The molecule has 0 aliphatic heterocycles. The van der Waals surface area contributed by atoms with Crippen LogP contribution in [0.3, 0.4) is 0 Å². The highest BCUT2D eigenvalue weighted by Gasteiger charge is 2.18. The molecule has 23 heavy (non-hydrogen) atoms. The van der Waals surface area contributed by atoms with Crippen molar-refractivity contribution in [3.63, 3.8) is 0 Å². The number of pyridine rings is 1. The van der Waals surface area contributed by atoms with Crippen molar-refractivity contribution in [2.75, 3.05) is 27.2 Å². The van der Waals surface area contributed by atoms with Crippen LogP contribution >= 0.6 is 15.9 Å². The predicted molar refractivity (Wildman–Crippen MR) is 89.3 cm³/mol. The van der Waals surface area contributed by atoms with Gasteiger partial charge in [0, 0.05) is 26.3 Å². The summed E-state index contributed by atoms with van der Waals surface area (Å²) in [5.74, 6) is -0.00641. The van der Waals surface area contributed by atoms with Crippen LogP contribution in [-0.2, 0) is 0 Å². The van der Waals surface area contributed by atoms with E-state index in [1.54, 1.807) is 24.1 Å². The van der Waals surface area contributed by atoms with Gasteiger partial charge >= 0.3 is 0 Å². The zero-order chi connectivity index (χ0) is 16.8. The van der Waals surface area contributed by atoms with E-state index in [2.05, 4.69) is 26.2 Å². The molecule has 0 atom stereocenters. The van der Waals surface area contributed by atoms with E-state index in [1.165, 1.54) is 24.4 Å². The maximum Gasteiger partial charge on any atom is 0.259 e. The number of carbonyl (C=O) groups excluding carboxylic acids is 1. The Morgan fingerprint density at radius 3 is 2.91 bits per heavy atom. The number of hydrogen-bond donors (Lipinski definition) is 1. The van der Waals surface area contributed by atoms with E-state index in [9.17, 15) is 9.18 Å². The highest BCUT2D eigenvalue weighted by molar-refractivity contribution is 9.10. The van der Waals surface area contributed by atoms with Crippen molar-refractivity contribution in [2.45, 2.75) is 0 Å². The molecule has 5 nitrogen and oxygen atoms in total. The summed E-state index contributed by atoms with van der Waals surface area (Å²) in [6.45, 7) is 1.24. The Hall–Kier alpha value is -1.99. The zero-order valence-corrected chi connectivity index (χ0v) is 14.4. The second-order valence-electron chi connectivity index (χ2n) is 4.86. The van der Waals surface area contributed by atoms with Crippen molar-refractivity contribution in [2.24, 2.45) is 0 Å². The first-order chi connectivity index (χ1) is 11.0. The number of nitrogens with one attached hydrogen (secondary N) is 1. The molecule has 1 N–H and O–H groups in total. The van der Waals surface area contributed by atoms with E-state index in [-0.39, 0.29) is 17.6 Å². The van der Waals surface area contributed by atoms with E-state index in [0.717, 1.165) is 0 Å². The van der Waals surface area contributed by atoms with Crippen molar-refractivity contribution in [1.82, 2.24) is 15.2 Å². The molecule has 0 aliphatic rings. The molecule has 0 unspecified atom stereocenters. The Balaban J connectivity index is 2.25. The number of likely N-dealkylation sites (N-methyl/N-ethyl adjacent to an activating group) is 2. The first-order valence-electron chi connectivity index (χ1n) is 7.01. The largest absolute Gasteiger partial charge is 0.437 e. The van der Waals surface area contributed by atoms with Gasteiger partial charge in [0.25, 0.3) is 5.91 Å². The SMILES string of the molecule is CNCCN(C)C(=O)c1cccnc1Oc1ccc(F)cc1Br. The Bertz CT molecular complexity index is 697. The highest BCUT2D eigenvalue weighted by Crippen LogP contribution is 2.31. The van der Waals surface area contributed by atoms with Gasteiger partial charge in [-0.25, -0.2) is 9.37 Å². The van der Waals surface area contributed by atoms with E-state index in [1.807, 2.05) is 7.05 Å². The Morgan fingerprint density at radius 2 is 2.22 bits per heavy atom. The fourth-order valence-electron chi connectivity index (χ4n) is 1.88. The summed E-state index contributed by atoms with van der Waals surface area (Å²) >= 11 is 3.23. The van der Waals surface area contributed by atoms with Crippen molar-refractivity contribution >= 4 is 21.8 Å². The van der Waals surface area contributed by atoms with Crippen molar-refractivity contribution in [3.8, 4) is 11.6 Å². The lowest BCUT2D eigenvalue weighted by Crippen LogP contribution is -2.33. The van der Waals surface area contributed by atoms with Gasteiger partial charge in [0.1, 0.15) is 17.1 Å². The number of nitrogens with zero attached hydrogens (tertiary/aromatic N) is 2. The third-order valence-corrected chi connectivity index (χ3v) is 3.77. The van der Waals surface area contributed by atoms with Gasteiger partial charge in [-0.3, -0.25) is 4.79 Å². The Kier molecular flexibility index (Phi) is 6.06. The van der Waals surface area contributed by atoms with Crippen LogP contribution in [0.1, 0.15) is 10.4 Å². The third-order valence-electron chi connectivity index (χ3n) is 3.15. The molecule has 2 aromatic rings. The molecule has 0 saturated heterocycles. The number of amides is 1. The monoisotopic (exact) mass is 381 g/mol. The summed E-state index contributed by atoms with van der Waals surface area (Å²) in [6, 6.07) is 7.37. The van der Waals surface area contributed by atoms with Gasteiger partial charge in [-0.05, 0) is 53.3 Å². The van der Waals surface area contributed by atoms with E-state index in [0.29, 0.717) is 28.9 Å². The number of aromatic nitrogens is 1. The first-order valence-corrected chi connectivity index (χ1v) is 7.80. The molecular formula is C16H17BrFN3O2. The van der Waals surface area contributed by atoms with Gasteiger partial charge in [0.2, 0.25) is 5.88 Å². The number of rotatable bonds is 6. The highest BCUT2D eigenvalue weighted by atomic mass is 79.9. The maximum atomic E-state index is 13.2. The topological polar surface area (TPSA) is 54.5 Å². The van der Waals surface area contributed by atoms with Gasteiger partial charge in [-0.2, -0.15) is 0 Å². The summed E-state index contributed by atoms with van der Waals surface area (Å²) < 4.78 is 19.3. The molecule has 2 rings (SSSR count). The van der Waals surface area contributed by atoms with Crippen LogP contribution in [0, 0.1) is 5.82 Å². The second kappa shape index (κ2) is 8.03. The van der Waals surface area contributed by atoms with E-state index >= 15 is 0 Å². The number of benzene rings is 1. The van der Waals surface area contributed by atoms with Crippen LogP contribution in [0.5, 0.6) is 11.6 Å². The fourth-order valence-corrected chi connectivity index (χ4v) is 2.32. The molecular weight excluding hydrogens is 365 g/mol. The van der Waals surface area contributed by atoms with Gasteiger partial charge in [-0.15, -0.1) is 0 Å². The van der Waals surface area contributed by atoms with Crippen molar-refractivity contribution in [1.29, 1.82) is 0 Å². The van der Waals surface area contributed by atoms with Gasteiger partial charge in [0.05, 0.1) is 4.47 Å². The molecule has 0 saturated carbocycles. The molecule has 1 amide bonds. The summed E-state index contributed by atoms with van der Waals surface area (Å²) in [6.07, 6.45) is 1.54. The average molecular weight is 382 g/mol. The van der Waals surface area contributed by atoms with Gasteiger partial charge < -0.3 is 15.0 Å². The molecule has 0 fully saturated rings. The minimum absolute atomic E-state index is 0.182. The number of hydrogen-bond acceptors (Lipinski definition) is 4. The van der Waals surface area contributed by atoms with Crippen LogP contribution in [0.4, 0.5) is 4.39 Å². The molecule has 1 heterocycles. The quantitative estimate of drug-likeness (QED) is 0.835. The molecule has 1 aromatic heterocycles. The van der Waals surface area contributed by atoms with E-state index < -0.39 is 0 Å². The number of carbonyl (C=O) groups is 1. The van der Waals surface area contributed by atoms with Crippen molar-refractivity contribution in [3.05, 3.63) is 52.4 Å². The lowest BCUT2D eigenvalue weighted by Gasteiger charge is -2.18. The summed E-state index contributed by atoms with van der Waals surface area (Å²) in [5.41, 5.74) is 0.349. The van der Waals surface area contributed by atoms with Gasteiger partial charge in [0.15, 0.2) is 0 Å². The summed E-state index contributed by atoms with van der Waals surface area (Å²) in [5, 5.41) is 2.99. The molecule has 0 radical (unpaired) electrons. The van der Waals surface area contributed by atoms with Crippen molar-refractivity contribution < 1.29 is 13.9 Å². The summed E-state index contributed by atoms with van der Waals surface area (Å²) in [4.78, 5) is 18.2. The van der Waals surface area contributed by atoms with E-state index in [4.69, 9.17) is 4.74 Å². The normalized spacial score (nSPS) is 10.4. The number of halogens is 2.